The monoisotopic (exact) mass is 372 g/mol. The topological polar surface area (TPSA) is 73.8 Å². The second-order valence-corrected chi connectivity index (χ2v) is 9.22. The number of thiophene rings is 1. The molecule has 0 saturated carbocycles. The molecule has 2 N–H and O–H groups in total. The van der Waals surface area contributed by atoms with Gasteiger partial charge in [0.1, 0.15) is 4.21 Å². The van der Waals surface area contributed by atoms with Crippen molar-refractivity contribution in [1.29, 1.82) is 0 Å². The number of rotatable bonds is 7. The quantitative estimate of drug-likeness (QED) is 0.438. The van der Waals surface area contributed by atoms with E-state index in [0.29, 0.717) is 23.8 Å². The highest BCUT2D eigenvalue weighted by Gasteiger charge is 2.27. The lowest BCUT2D eigenvalue weighted by Crippen LogP contribution is -2.37. The molecular weight excluding hydrogens is 344 g/mol. The van der Waals surface area contributed by atoms with Crippen molar-refractivity contribution in [2.45, 2.75) is 49.8 Å². The average molecular weight is 373 g/mol. The van der Waals surface area contributed by atoms with E-state index in [2.05, 4.69) is 22.5 Å². The summed E-state index contributed by atoms with van der Waals surface area (Å²) in [6.45, 7) is 4.89. The molecule has 0 aromatic carbocycles. The van der Waals surface area contributed by atoms with Crippen molar-refractivity contribution in [1.82, 2.24) is 14.9 Å². The van der Waals surface area contributed by atoms with Gasteiger partial charge < -0.3 is 10.6 Å². The number of hydrogen-bond acceptors (Lipinski definition) is 4. The van der Waals surface area contributed by atoms with Crippen LogP contribution >= 0.6 is 11.3 Å². The highest BCUT2D eigenvalue weighted by molar-refractivity contribution is 7.91. The molecule has 6 nitrogen and oxygen atoms in total. The van der Waals surface area contributed by atoms with E-state index in [1.54, 1.807) is 17.4 Å². The first-order valence-electron chi connectivity index (χ1n) is 8.61. The fraction of sp³-hybridized carbons (Fsp3) is 0.688. The molecule has 0 atom stereocenters. The highest BCUT2D eigenvalue weighted by Crippen LogP contribution is 2.26. The molecule has 0 amide bonds. The number of piperidine rings is 1. The maximum atomic E-state index is 12.6. The Morgan fingerprint density at radius 3 is 2.67 bits per heavy atom. The SMILES string of the molecule is CCCCNC(=NC)NCc1ccc(S(=O)(=O)N2CCCCC2)s1. The maximum Gasteiger partial charge on any atom is 0.252 e. The number of unbranched alkanes of at least 4 members (excludes halogenated alkanes) is 1. The van der Waals surface area contributed by atoms with E-state index in [9.17, 15) is 8.42 Å². The van der Waals surface area contributed by atoms with Gasteiger partial charge in [-0.1, -0.05) is 19.8 Å². The Morgan fingerprint density at radius 1 is 1.25 bits per heavy atom. The van der Waals surface area contributed by atoms with Crippen molar-refractivity contribution in [3.8, 4) is 0 Å². The van der Waals surface area contributed by atoms with Gasteiger partial charge in [-0.25, -0.2) is 8.42 Å². The Bertz CT molecular complexity index is 634. The predicted molar refractivity (Wildman–Crippen MR) is 100 cm³/mol. The molecular formula is C16H28N4O2S2. The molecule has 1 saturated heterocycles. The van der Waals surface area contributed by atoms with E-state index in [-0.39, 0.29) is 0 Å². The third-order valence-corrected chi connectivity index (χ3v) is 7.47. The van der Waals surface area contributed by atoms with Gasteiger partial charge in [0, 0.05) is 31.6 Å². The van der Waals surface area contributed by atoms with Crippen LogP contribution in [-0.2, 0) is 16.6 Å². The molecule has 8 heteroatoms. The lowest BCUT2D eigenvalue weighted by molar-refractivity contribution is 0.347. The van der Waals surface area contributed by atoms with Crippen LogP contribution in [0.2, 0.25) is 0 Å². The van der Waals surface area contributed by atoms with Gasteiger partial charge in [0.05, 0.1) is 6.54 Å². The van der Waals surface area contributed by atoms with Gasteiger partial charge in [0.15, 0.2) is 5.96 Å². The molecule has 1 fully saturated rings. The van der Waals surface area contributed by atoms with Gasteiger partial charge in [0.2, 0.25) is 0 Å². The Morgan fingerprint density at radius 2 is 2.00 bits per heavy atom. The fourth-order valence-corrected chi connectivity index (χ4v) is 5.57. The van der Waals surface area contributed by atoms with E-state index < -0.39 is 10.0 Å². The number of nitrogens with one attached hydrogen (secondary N) is 2. The van der Waals surface area contributed by atoms with Gasteiger partial charge >= 0.3 is 0 Å². The third kappa shape index (κ3) is 5.19. The van der Waals surface area contributed by atoms with Crippen molar-refractivity contribution in [3.63, 3.8) is 0 Å². The zero-order chi connectivity index (χ0) is 17.4. The predicted octanol–water partition coefficient (Wildman–Crippen LogP) is 2.39. The van der Waals surface area contributed by atoms with Crippen LogP contribution in [0.1, 0.15) is 43.9 Å². The van der Waals surface area contributed by atoms with Crippen LogP contribution in [0.3, 0.4) is 0 Å². The number of aliphatic imine (C=N–C) groups is 1. The molecule has 0 aliphatic carbocycles. The zero-order valence-electron chi connectivity index (χ0n) is 14.5. The van der Waals surface area contributed by atoms with E-state index >= 15 is 0 Å². The van der Waals surface area contributed by atoms with Crippen LogP contribution in [0.4, 0.5) is 0 Å². The molecule has 0 radical (unpaired) electrons. The van der Waals surface area contributed by atoms with Crippen molar-refractivity contribution in [2.24, 2.45) is 4.99 Å². The second-order valence-electron chi connectivity index (χ2n) is 5.89. The minimum atomic E-state index is -3.32. The first-order chi connectivity index (χ1) is 11.6. The van der Waals surface area contributed by atoms with Crippen molar-refractivity contribution in [3.05, 3.63) is 17.0 Å². The molecule has 0 bridgehead atoms. The van der Waals surface area contributed by atoms with Crippen LogP contribution in [0.15, 0.2) is 21.3 Å². The van der Waals surface area contributed by atoms with Gasteiger partial charge in [-0.2, -0.15) is 4.31 Å². The zero-order valence-corrected chi connectivity index (χ0v) is 16.2. The summed E-state index contributed by atoms with van der Waals surface area (Å²) in [6, 6.07) is 3.60. The highest BCUT2D eigenvalue weighted by atomic mass is 32.2. The molecule has 0 unspecified atom stereocenters. The third-order valence-electron chi connectivity index (χ3n) is 4.02. The van der Waals surface area contributed by atoms with E-state index in [1.807, 2.05) is 6.07 Å². The Kier molecular flexibility index (Phi) is 7.51. The molecule has 1 aromatic heterocycles. The molecule has 2 heterocycles. The second kappa shape index (κ2) is 9.39. The number of hydrogen-bond donors (Lipinski definition) is 2. The summed E-state index contributed by atoms with van der Waals surface area (Å²) in [5.41, 5.74) is 0. The van der Waals surface area contributed by atoms with Gasteiger partial charge in [-0.05, 0) is 31.4 Å². The summed E-state index contributed by atoms with van der Waals surface area (Å²) >= 11 is 1.34. The molecule has 1 aromatic rings. The lowest BCUT2D eigenvalue weighted by Gasteiger charge is -2.25. The van der Waals surface area contributed by atoms with Crippen molar-refractivity contribution >= 4 is 27.3 Å². The van der Waals surface area contributed by atoms with Crippen molar-refractivity contribution in [2.75, 3.05) is 26.7 Å². The number of nitrogens with zero attached hydrogens (tertiary/aromatic N) is 2. The molecule has 1 aliphatic rings. The fourth-order valence-electron chi connectivity index (χ4n) is 2.60. The summed E-state index contributed by atoms with van der Waals surface area (Å²) in [7, 11) is -1.59. The van der Waals surface area contributed by atoms with Gasteiger partial charge in [-0.3, -0.25) is 4.99 Å². The molecule has 24 heavy (non-hydrogen) atoms. The standard InChI is InChI=1S/C16H28N4O2S2/c1-3-4-10-18-16(17-2)19-13-14-8-9-15(23-14)24(21,22)20-11-6-5-7-12-20/h8-9H,3-7,10-13H2,1-2H3,(H2,17,18,19). The van der Waals surface area contributed by atoms with Crippen LogP contribution < -0.4 is 10.6 Å². The average Bonchev–Trinajstić information content (AvgIpc) is 3.08. The summed E-state index contributed by atoms with van der Waals surface area (Å²) in [5.74, 6) is 0.747. The molecule has 1 aliphatic heterocycles. The van der Waals surface area contributed by atoms with E-state index in [4.69, 9.17) is 0 Å². The van der Waals surface area contributed by atoms with E-state index in [1.165, 1.54) is 11.3 Å². The minimum Gasteiger partial charge on any atom is -0.356 e. The number of sulfonamides is 1. The summed E-state index contributed by atoms with van der Waals surface area (Å²) in [5, 5.41) is 6.48. The Balaban J connectivity index is 1.92. The van der Waals surface area contributed by atoms with Gasteiger partial charge in [-0.15, -0.1) is 11.3 Å². The lowest BCUT2D eigenvalue weighted by atomic mass is 10.2. The number of guanidine groups is 1. The molecule has 2 rings (SSSR count). The van der Waals surface area contributed by atoms with Crippen LogP contribution in [0.5, 0.6) is 0 Å². The van der Waals surface area contributed by atoms with Crippen LogP contribution in [0, 0.1) is 0 Å². The van der Waals surface area contributed by atoms with Crippen LogP contribution in [0.25, 0.3) is 0 Å². The first-order valence-corrected chi connectivity index (χ1v) is 10.9. The smallest absolute Gasteiger partial charge is 0.252 e. The maximum absolute atomic E-state index is 12.6. The summed E-state index contributed by atoms with van der Waals surface area (Å²) in [6.07, 6.45) is 5.26. The first kappa shape index (κ1) is 19.2. The summed E-state index contributed by atoms with van der Waals surface area (Å²) < 4.78 is 27.4. The van der Waals surface area contributed by atoms with Crippen LogP contribution in [-0.4, -0.2) is 45.4 Å². The minimum absolute atomic E-state index is 0.440. The largest absolute Gasteiger partial charge is 0.356 e. The Hall–Kier alpha value is -1.12. The normalized spacial score (nSPS) is 17.0. The summed E-state index contributed by atoms with van der Waals surface area (Å²) in [4.78, 5) is 5.17. The van der Waals surface area contributed by atoms with Gasteiger partial charge in [0.25, 0.3) is 10.0 Å². The molecule has 136 valence electrons. The van der Waals surface area contributed by atoms with E-state index in [0.717, 1.165) is 49.5 Å². The van der Waals surface area contributed by atoms with Crippen molar-refractivity contribution < 1.29 is 8.42 Å². The molecule has 0 spiro atoms. The Labute approximate surface area is 149 Å².